The highest BCUT2D eigenvalue weighted by Gasteiger charge is 2.12. The van der Waals surface area contributed by atoms with Crippen LogP contribution < -0.4 is 15.8 Å². The molecular weight excluding hydrogens is 242 g/mol. The van der Waals surface area contributed by atoms with Crippen molar-refractivity contribution in [2.75, 3.05) is 18.2 Å². The van der Waals surface area contributed by atoms with Crippen molar-refractivity contribution in [2.24, 2.45) is 0 Å². The first-order valence-corrected chi connectivity index (χ1v) is 5.77. The van der Waals surface area contributed by atoms with E-state index in [1.54, 1.807) is 43.8 Å². The minimum Gasteiger partial charge on any atom is -0.497 e. The first kappa shape index (κ1) is 12.9. The molecule has 0 aliphatic rings. The molecule has 1 aromatic carbocycles. The molecule has 1 heterocycles. The number of benzene rings is 1. The Morgan fingerprint density at radius 2 is 2.16 bits per heavy atom. The Morgan fingerprint density at radius 1 is 1.37 bits per heavy atom. The predicted octanol–water partition coefficient (Wildman–Crippen LogP) is 2.23. The first-order valence-electron chi connectivity index (χ1n) is 5.77. The predicted molar refractivity (Wildman–Crippen MR) is 74.3 cm³/mol. The zero-order chi connectivity index (χ0) is 13.8. The van der Waals surface area contributed by atoms with Crippen molar-refractivity contribution in [1.82, 2.24) is 4.98 Å². The summed E-state index contributed by atoms with van der Waals surface area (Å²) in [5.74, 6) is 0.316. The van der Waals surface area contributed by atoms with Crippen LogP contribution in [0.1, 0.15) is 15.9 Å². The molecule has 0 aliphatic heterocycles. The van der Waals surface area contributed by atoms with Gasteiger partial charge in [0, 0.05) is 23.8 Å². The summed E-state index contributed by atoms with van der Waals surface area (Å²) in [5, 5.41) is 2.80. The third kappa shape index (κ3) is 2.82. The van der Waals surface area contributed by atoms with Crippen molar-refractivity contribution in [3.8, 4) is 5.75 Å². The van der Waals surface area contributed by atoms with E-state index in [1.165, 1.54) is 0 Å². The van der Waals surface area contributed by atoms with E-state index in [2.05, 4.69) is 10.3 Å². The van der Waals surface area contributed by atoms with Gasteiger partial charge in [0.1, 0.15) is 5.75 Å². The van der Waals surface area contributed by atoms with Crippen molar-refractivity contribution >= 4 is 17.3 Å². The molecule has 2 aromatic rings. The maximum absolute atomic E-state index is 12.2. The number of aryl methyl sites for hydroxylation is 1. The van der Waals surface area contributed by atoms with E-state index in [9.17, 15) is 4.79 Å². The number of pyridine rings is 1. The standard InChI is InChI=1S/C14H15N3O2/c1-9-8-16-6-5-13(9)17-14(18)11-7-10(19-2)3-4-12(11)15/h3-8H,15H2,1-2H3,(H,16,17,18). The largest absolute Gasteiger partial charge is 0.497 e. The summed E-state index contributed by atoms with van der Waals surface area (Å²) in [7, 11) is 1.54. The van der Waals surface area contributed by atoms with Gasteiger partial charge in [0.25, 0.3) is 5.91 Å². The number of methoxy groups -OCH3 is 1. The third-order valence-electron chi connectivity index (χ3n) is 2.77. The number of hydrogen-bond acceptors (Lipinski definition) is 4. The van der Waals surface area contributed by atoms with Crippen LogP contribution in [-0.4, -0.2) is 18.0 Å². The Balaban J connectivity index is 2.28. The molecule has 3 N–H and O–H groups in total. The van der Waals surface area contributed by atoms with Gasteiger partial charge >= 0.3 is 0 Å². The van der Waals surface area contributed by atoms with Gasteiger partial charge in [-0.25, -0.2) is 0 Å². The van der Waals surface area contributed by atoms with Crippen LogP contribution in [-0.2, 0) is 0 Å². The van der Waals surface area contributed by atoms with Gasteiger partial charge in [0.15, 0.2) is 0 Å². The molecule has 0 bridgehead atoms. The van der Waals surface area contributed by atoms with Crippen LogP contribution in [0.5, 0.6) is 5.75 Å². The number of nitrogens with zero attached hydrogens (tertiary/aromatic N) is 1. The number of nitrogens with two attached hydrogens (primary N) is 1. The molecule has 98 valence electrons. The van der Waals surface area contributed by atoms with Crippen molar-refractivity contribution in [3.05, 3.63) is 47.8 Å². The lowest BCUT2D eigenvalue weighted by atomic mass is 10.1. The van der Waals surface area contributed by atoms with E-state index in [0.29, 0.717) is 22.7 Å². The molecule has 0 spiro atoms. The zero-order valence-corrected chi connectivity index (χ0v) is 10.8. The number of carbonyl (C=O) groups is 1. The van der Waals surface area contributed by atoms with Crippen molar-refractivity contribution in [3.63, 3.8) is 0 Å². The van der Waals surface area contributed by atoms with Gasteiger partial charge in [-0.3, -0.25) is 9.78 Å². The van der Waals surface area contributed by atoms with E-state index in [0.717, 1.165) is 5.56 Å². The van der Waals surface area contributed by atoms with Gasteiger partial charge in [-0.2, -0.15) is 0 Å². The number of amides is 1. The van der Waals surface area contributed by atoms with Crippen molar-refractivity contribution in [2.45, 2.75) is 6.92 Å². The molecule has 5 heteroatoms. The van der Waals surface area contributed by atoms with Gasteiger partial charge in [0.05, 0.1) is 12.7 Å². The summed E-state index contributed by atoms with van der Waals surface area (Å²) in [6, 6.07) is 6.71. The summed E-state index contributed by atoms with van der Waals surface area (Å²) in [5.41, 5.74) is 8.20. The monoisotopic (exact) mass is 257 g/mol. The zero-order valence-electron chi connectivity index (χ0n) is 10.8. The highest BCUT2D eigenvalue weighted by molar-refractivity contribution is 6.08. The van der Waals surface area contributed by atoms with E-state index in [4.69, 9.17) is 10.5 Å². The summed E-state index contributed by atoms with van der Waals surface area (Å²) in [6.07, 6.45) is 3.31. The van der Waals surface area contributed by atoms with Gasteiger partial charge in [0.2, 0.25) is 0 Å². The lowest BCUT2D eigenvalue weighted by Crippen LogP contribution is -2.15. The normalized spacial score (nSPS) is 10.0. The Morgan fingerprint density at radius 3 is 2.84 bits per heavy atom. The Labute approximate surface area is 111 Å². The van der Waals surface area contributed by atoms with Crippen LogP contribution in [0.3, 0.4) is 0 Å². The maximum atomic E-state index is 12.2. The topological polar surface area (TPSA) is 77.2 Å². The van der Waals surface area contributed by atoms with Gasteiger partial charge in [-0.15, -0.1) is 0 Å². The summed E-state index contributed by atoms with van der Waals surface area (Å²) < 4.78 is 5.09. The average molecular weight is 257 g/mol. The number of nitrogen functional groups attached to an aromatic ring is 1. The van der Waals surface area contributed by atoms with Crippen LogP contribution in [0.25, 0.3) is 0 Å². The molecule has 2 rings (SSSR count). The summed E-state index contributed by atoms with van der Waals surface area (Å²) >= 11 is 0. The van der Waals surface area contributed by atoms with Crippen molar-refractivity contribution < 1.29 is 9.53 Å². The highest BCUT2D eigenvalue weighted by Crippen LogP contribution is 2.21. The highest BCUT2D eigenvalue weighted by atomic mass is 16.5. The van der Waals surface area contributed by atoms with Crippen LogP contribution >= 0.6 is 0 Å². The Hall–Kier alpha value is -2.56. The van der Waals surface area contributed by atoms with Gasteiger partial charge < -0.3 is 15.8 Å². The van der Waals surface area contributed by atoms with Crippen LogP contribution in [0.2, 0.25) is 0 Å². The Bertz CT molecular complexity index is 611. The number of ether oxygens (including phenoxy) is 1. The molecule has 0 radical (unpaired) electrons. The van der Waals surface area contributed by atoms with E-state index in [1.807, 2.05) is 6.92 Å². The van der Waals surface area contributed by atoms with Crippen LogP contribution in [0, 0.1) is 6.92 Å². The summed E-state index contributed by atoms with van der Waals surface area (Å²) in [4.78, 5) is 16.2. The number of anilines is 2. The Kier molecular flexibility index (Phi) is 3.66. The maximum Gasteiger partial charge on any atom is 0.257 e. The van der Waals surface area contributed by atoms with Crippen molar-refractivity contribution in [1.29, 1.82) is 0 Å². The number of carbonyl (C=O) groups excluding carboxylic acids is 1. The molecule has 0 saturated heterocycles. The van der Waals surface area contributed by atoms with Gasteiger partial charge in [-0.1, -0.05) is 0 Å². The second-order valence-corrected chi connectivity index (χ2v) is 4.10. The fourth-order valence-corrected chi connectivity index (χ4v) is 1.66. The number of nitrogens with one attached hydrogen (secondary N) is 1. The lowest BCUT2D eigenvalue weighted by molar-refractivity contribution is 0.102. The van der Waals surface area contributed by atoms with Gasteiger partial charge in [-0.05, 0) is 36.8 Å². The van der Waals surface area contributed by atoms with E-state index in [-0.39, 0.29) is 5.91 Å². The minimum atomic E-state index is -0.272. The lowest BCUT2D eigenvalue weighted by Gasteiger charge is -2.10. The van der Waals surface area contributed by atoms with E-state index < -0.39 is 0 Å². The molecule has 0 unspecified atom stereocenters. The average Bonchev–Trinajstić information content (AvgIpc) is 2.42. The summed E-state index contributed by atoms with van der Waals surface area (Å²) in [6.45, 7) is 1.87. The fraction of sp³-hybridized carbons (Fsp3) is 0.143. The number of rotatable bonds is 3. The molecular formula is C14H15N3O2. The quantitative estimate of drug-likeness (QED) is 0.827. The molecule has 1 amide bonds. The molecule has 0 aliphatic carbocycles. The molecule has 1 aromatic heterocycles. The number of aromatic nitrogens is 1. The number of hydrogen-bond donors (Lipinski definition) is 2. The third-order valence-corrected chi connectivity index (χ3v) is 2.77. The molecule has 0 fully saturated rings. The van der Waals surface area contributed by atoms with Crippen LogP contribution in [0.15, 0.2) is 36.7 Å². The fourth-order valence-electron chi connectivity index (χ4n) is 1.66. The van der Waals surface area contributed by atoms with Crippen LogP contribution in [0.4, 0.5) is 11.4 Å². The smallest absolute Gasteiger partial charge is 0.257 e. The first-order chi connectivity index (χ1) is 9.11. The molecule has 0 saturated carbocycles. The SMILES string of the molecule is COc1ccc(N)c(C(=O)Nc2ccncc2C)c1. The second-order valence-electron chi connectivity index (χ2n) is 4.10. The molecule has 0 atom stereocenters. The molecule has 19 heavy (non-hydrogen) atoms. The minimum absolute atomic E-state index is 0.272. The van der Waals surface area contributed by atoms with E-state index >= 15 is 0 Å². The molecule has 5 nitrogen and oxygen atoms in total. The second kappa shape index (κ2) is 5.39.